The van der Waals surface area contributed by atoms with Crippen molar-refractivity contribution >= 4 is 46.6 Å². The van der Waals surface area contributed by atoms with Crippen LogP contribution in [0.25, 0.3) is 0 Å². The van der Waals surface area contributed by atoms with Crippen molar-refractivity contribution in [2.24, 2.45) is 5.92 Å². The van der Waals surface area contributed by atoms with E-state index in [1.54, 1.807) is 23.9 Å². The van der Waals surface area contributed by atoms with E-state index in [1.807, 2.05) is 30.5 Å². The number of anilines is 2. The van der Waals surface area contributed by atoms with E-state index >= 15 is 0 Å². The van der Waals surface area contributed by atoms with Crippen LogP contribution < -0.4 is 19.7 Å². The van der Waals surface area contributed by atoms with Crippen LogP contribution in [0.4, 0.5) is 11.4 Å². The zero-order valence-corrected chi connectivity index (χ0v) is 17.4. The van der Waals surface area contributed by atoms with E-state index in [-0.39, 0.29) is 24.8 Å². The third-order valence-corrected chi connectivity index (χ3v) is 5.64. The summed E-state index contributed by atoms with van der Waals surface area (Å²) in [5.41, 5.74) is 1.23. The summed E-state index contributed by atoms with van der Waals surface area (Å²) in [7, 11) is 3.02. The summed E-state index contributed by atoms with van der Waals surface area (Å²) in [5.74, 6) is 0.113. The number of hydrogen-bond acceptors (Lipinski definition) is 5. The maximum absolute atomic E-state index is 12.6. The van der Waals surface area contributed by atoms with Gasteiger partial charge in [0.2, 0.25) is 11.8 Å². The number of rotatable bonds is 6. The molecule has 2 aromatic rings. The van der Waals surface area contributed by atoms with Crippen molar-refractivity contribution in [2.75, 3.05) is 37.2 Å². The largest absolute Gasteiger partial charge is 0.495 e. The summed E-state index contributed by atoms with van der Waals surface area (Å²) < 4.78 is 10.6. The van der Waals surface area contributed by atoms with Gasteiger partial charge in [0.15, 0.2) is 0 Å². The summed E-state index contributed by atoms with van der Waals surface area (Å²) >= 11 is 7.85. The van der Waals surface area contributed by atoms with Crippen molar-refractivity contribution in [3.8, 4) is 11.5 Å². The van der Waals surface area contributed by atoms with Gasteiger partial charge in [0.05, 0.1) is 30.8 Å². The van der Waals surface area contributed by atoms with Crippen molar-refractivity contribution in [3.63, 3.8) is 0 Å². The molecule has 8 heteroatoms. The highest BCUT2D eigenvalue weighted by atomic mass is 35.5. The van der Waals surface area contributed by atoms with Crippen LogP contribution in [0.2, 0.25) is 5.02 Å². The second-order valence-electron chi connectivity index (χ2n) is 6.28. The Morgan fingerprint density at radius 3 is 2.46 bits per heavy atom. The van der Waals surface area contributed by atoms with Gasteiger partial charge in [-0.05, 0) is 36.6 Å². The Kier molecular flexibility index (Phi) is 6.36. The minimum atomic E-state index is -0.460. The molecule has 0 saturated carbocycles. The maximum atomic E-state index is 12.6. The minimum Gasteiger partial charge on any atom is -0.495 e. The molecule has 0 bridgehead atoms. The Bertz CT molecular complexity index is 889. The first-order valence-corrected chi connectivity index (χ1v) is 10.2. The number of amides is 2. The minimum absolute atomic E-state index is 0.127. The summed E-state index contributed by atoms with van der Waals surface area (Å²) in [6.45, 7) is 0.257. The molecule has 1 fully saturated rings. The van der Waals surface area contributed by atoms with Crippen molar-refractivity contribution in [3.05, 3.63) is 41.4 Å². The van der Waals surface area contributed by atoms with Crippen LogP contribution in [-0.4, -0.2) is 38.8 Å². The van der Waals surface area contributed by atoms with Gasteiger partial charge in [-0.25, -0.2) is 0 Å². The standard InChI is InChI=1S/C20H21ClN2O4S/c1-26-17-10-18(27-2)16(9-15(17)21)23-11-12(8-19(23)24)20(25)22-13-4-6-14(28-3)7-5-13/h4-7,9-10,12H,8,11H2,1-3H3,(H,22,25). The van der Waals surface area contributed by atoms with E-state index in [2.05, 4.69) is 5.32 Å². The van der Waals surface area contributed by atoms with Crippen LogP contribution >= 0.6 is 23.4 Å². The molecule has 1 heterocycles. The molecule has 1 N–H and O–H groups in total. The average Bonchev–Trinajstić information content (AvgIpc) is 3.10. The Morgan fingerprint density at radius 1 is 1.18 bits per heavy atom. The number of halogens is 1. The molecule has 1 unspecified atom stereocenters. The number of methoxy groups -OCH3 is 2. The monoisotopic (exact) mass is 420 g/mol. The van der Waals surface area contributed by atoms with Gasteiger partial charge in [-0.3, -0.25) is 9.59 Å². The topological polar surface area (TPSA) is 67.9 Å². The lowest BCUT2D eigenvalue weighted by Crippen LogP contribution is -2.28. The van der Waals surface area contributed by atoms with Crippen molar-refractivity contribution in [1.29, 1.82) is 0 Å². The number of thioether (sulfide) groups is 1. The molecule has 28 heavy (non-hydrogen) atoms. The fraction of sp³-hybridized carbons (Fsp3) is 0.300. The highest BCUT2D eigenvalue weighted by Gasteiger charge is 2.36. The Hall–Kier alpha value is -2.38. The summed E-state index contributed by atoms with van der Waals surface area (Å²) in [4.78, 5) is 27.9. The molecule has 6 nitrogen and oxygen atoms in total. The summed E-state index contributed by atoms with van der Waals surface area (Å²) in [6, 6.07) is 10.8. The first-order chi connectivity index (χ1) is 13.5. The lowest BCUT2D eigenvalue weighted by Gasteiger charge is -2.21. The van der Waals surface area contributed by atoms with Gasteiger partial charge in [-0.15, -0.1) is 11.8 Å². The molecule has 0 aromatic heterocycles. The van der Waals surface area contributed by atoms with Crippen LogP contribution in [0.5, 0.6) is 11.5 Å². The van der Waals surface area contributed by atoms with E-state index in [1.165, 1.54) is 19.1 Å². The molecule has 1 atom stereocenters. The number of carbonyl (C=O) groups is 2. The fourth-order valence-corrected chi connectivity index (χ4v) is 3.73. The number of hydrogen-bond donors (Lipinski definition) is 1. The average molecular weight is 421 g/mol. The van der Waals surface area contributed by atoms with E-state index in [4.69, 9.17) is 21.1 Å². The number of nitrogens with zero attached hydrogens (tertiary/aromatic N) is 1. The van der Waals surface area contributed by atoms with E-state index in [0.29, 0.717) is 27.9 Å². The lowest BCUT2D eigenvalue weighted by atomic mass is 10.1. The molecular weight excluding hydrogens is 400 g/mol. The van der Waals surface area contributed by atoms with Crippen LogP contribution in [-0.2, 0) is 9.59 Å². The predicted molar refractivity (Wildman–Crippen MR) is 112 cm³/mol. The number of carbonyl (C=O) groups excluding carboxylic acids is 2. The van der Waals surface area contributed by atoms with Crippen LogP contribution in [0.15, 0.2) is 41.3 Å². The predicted octanol–water partition coefficient (Wildman–Crippen LogP) is 4.07. The van der Waals surface area contributed by atoms with Gasteiger partial charge in [0, 0.05) is 29.6 Å². The normalized spacial score (nSPS) is 16.2. The molecule has 3 rings (SSSR count). The van der Waals surface area contributed by atoms with Gasteiger partial charge in [-0.2, -0.15) is 0 Å². The van der Waals surface area contributed by atoms with E-state index in [9.17, 15) is 9.59 Å². The Balaban J connectivity index is 1.76. The molecule has 1 saturated heterocycles. The van der Waals surface area contributed by atoms with Crippen molar-refractivity contribution < 1.29 is 19.1 Å². The second kappa shape index (κ2) is 8.75. The Labute approximate surface area is 173 Å². The zero-order valence-electron chi connectivity index (χ0n) is 15.8. The maximum Gasteiger partial charge on any atom is 0.229 e. The van der Waals surface area contributed by atoms with E-state index < -0.39 is 5.92 Å². The number of benzene rings is 2. The third kappa shape index (κ3) is 4.20. The lowest BCUT2D eigenvalue weighted by molar-refractivity contribution is -0.122. The van der Waals surface area contributed by atoms with Gasteiger partial charge in [-0.1, -0.05) is 11.6 Å². The molecule has 1 aliphatic heterocycles. The molecule has 2 amide bonds. The highest BCUT2D eigenvalue weighted by Crippen LogP contribution is 2.40. The number of ether oxygens (including phenoxy) is 2. The molecule has 1 aliphatic rings. The third-order valence-electron chi connectivity index (χ3n) is 4.60. The van der Waals surface area contributed by atoms with Crippen LogP contribution in [0.1, 0.15) is 6.42 Å². The zero-order chi connectivity index (χ0) is 20.3. The molecule has 0 radical (unpaired) electrons. The number of nitrogens with one attached hydrogen (secondary N) is 1. The first-order valence-electron chi connectivity index (χ1n) is 8.63. The smallest absolute Gasteiger partial charge is 0.229 e. The molecule has 0 spiro atoms. The fourth-order valence-electron chi connectivity index (χ4n) is 3.09. The second-order valence-corrected chi connectivity index (χ2v) is 7.57. The molecule has 0 aliphatic carbocycles. The molecule has 148 valence electrons. The van der Waals surface area contributed by atoms with Gasteiger partial charge >= 0.3 is 0 Å². The van der Waals surface area contributed by atoms with Gasteiger partial charge in [0.1, 0.15) is 11.5 Å². The molecular formula is C20H21ClN2O4S. The first kappa shape index (κ1) is 20.4. The van der Waals surface area contributed by atoms with Gasteiger partial charge in [0.25, 0.3) is 0 Å². The van der Waals surface area contributed by atoms with Crippen LogP contribution in [0.3, 0.4) is 0 Å². The Morgan fingerprint density at radius 2 is 1.86 bits per heavy atom. The molecule has 2 aromatic carbocycles. The van der Waals surface area contributed by atoms with E-state index in [0.717, 1.165) is 4.90 Å². The van der Waals surface area contributed by atoms with Crippen molar-refractivity contribution in [2.45, 2.75) is 11.3 Å². The quantitative estimate of drug-likeness (QED) is 0.713. The van der Waals surface area contributed by atoms with Crippen LogP contribution in [0, 0.1) is 5.92 Å². The SMILES string of the molecule is COc1cc(OC)c(N2CC(C(=O)Nc3ccc(SC)cc3)CC2=O)cc1Cl. The summed E-state index contributed by atoms with van der Waals surface area (Å²) in [6.07, 6.45) is 2.12. The highest BCUT2D eigenvalue weighted by molar-refractivity contribution is 7.98. The van der Waals surface area contributed by atoms with Gasteiger partial charge < -0.3 is 19.7 Å². The van der Waals surface area contributed by atoms with Crippen molar-refractivity contribution in [1.82, 2.24) is 0 Å². The summed E-state index contributed by atoms with van der Waals surface area (Å²) in [5, 5.41) is 3.25.